The van der Waals surface area contributed by atoms with Crippen molar-refractivity contribution in [1.82, 2.24) is 10.2 Å². The molecule has 0 unspecified atom stereocenters. The van der Waals surface area contributed by atoms with Gasteiger partial charge in [-0.15, -0.1) is 0 Å². The molecule has 2 rings (SSSR count). The van der Waals surface area contributed by atoms with Crippen LogP contribution in [0.15, 0.2) is 36.4 Å². The van der Waals surface area contributed by atoms with Crippen molar-refractivity contribution < 1.29 is 14.1 Å². The number of rotatable bonds is 7. The number of hydrogen-bond donors (Lipinski definition) is 1. The van der Waals surface area contributed by atoms with E-state index in [-0.39, 0.29) is 17.7 Å². The third kappa shape index (κ3) is 5.10. The number of hydrogen-bond acceptors (Lipinski definition) is 4. The highest BCUT2D eigenvalue weighted by Gasteiger charge is 2.19. The Bertz CT molecular complexity index is 852. The molecule has 0 saturated carbocycles. The summed E-state index contributed by atoms with van der Waals surface area (Å²) in [5, 5.41) is 13.8. The summed E-state index contributed by atoms with van der Waals surface area (Å²) < 4.78 is 13.9. The third-order valence-corrected chi connectivity index (χ3v) is 4.63. The maximum Gasteiger partial charge on any atom is 0.276 e. The molecule has 0 aliphatic rings. The Morgan fingerprint density at radius 3 is 2.48 bits per heavy atom. The van der Waals surface area contributed by atoms with Crippen LogP contribution in [0.2, 0.25) is 0 Å². The largest absolute Gasteiger partial charge is 0.348 e. The number of carbonyl (C=O) groups excluding carboxylic acids is 1. The molecule has 1 amide bonds. The third-order valence-electron chi connectivity index (χ3n) is 4.63. The molecule has 0 fully saturated rings. The van der Waals surface area contributed by atoms with Gasteiger partial charge in [-0.05, 0) is 45.0 Å². The number of carbonyl (C=O) groups is 1. The average molecular weight is 373 g/mol. The van der Waals surface area contributed by atoms with Crippen LogP contribution >= 0.6 is 0 Å². The molecule has 7 heteroatoms. The molecular formula is C20H24FN3O3. The Kier molecular flexibility index (Phi) is 6.63. The number of nitro benzene ring substituents is 1. The molecule has 0 aromatic heterocycles. The summed E-state index contributed by atoms with van der Waals surface area (Å²) in [5.74, 6) is -1.32. The molecule has 0 saturated heterocycles. The predicted octanol–water partition coefficient (Wildman–Crippen LogP) is 3.81. The highest BCUT2D eigenvalue weighted by molar-refractivity contribution is 5.95. The smallest absolute Gasteiger partial charge is 0.276 e. The highest BCUT2D eigenvalue weighted by Crippen LogP contribution is 2.23. The van der Waals surface area contributed by atoms with E-state index in [2.05, 4.69) is 24.1 Å². The van der Waals surface area contributed by atoms with Gasteiger partial charge in [0.2, 0.25) is 0 Å². The number of halogens is 1. The van der Waals surface area contributed by atoms with Gasteiger partial charge < -0.3 is 5.32 Å². The van der Waals surface area contributed by atoms with Gasteiger partial charge in [-0.3, -0.25) is 19.8 Å². The fourth-order valence-corrected chi connectivity index (χ4v) is 2.60. The van der Waals surface area contributed by atoms with Gasteiger partial charge in [0.25, 0.3) is 11.6 Å². The number of nitrogens with one attached hydrogen (secondary N) is 1. The van der Waals surface area contributed by atoms with Crippen LogP contribution in [-0.2, 0) is 13.1 Å². The zero-order chi connectivity index (χ0) is 20.1. The van der Waals surface area contributed by atoms with Crippen molar-refractivity contribution in [3.8, 4) is 0 Å². The van der Waals surface area contributed by atoms with Crippen LogP contribution in [0.25, 0.3) is 0 Å². The molecule has 0 radical (unpaired) electrons. The molecular weight excluding hydrogens is 349 g/mol. The Morgan fingerprint density at radius 1 is 1.26 bits per heavy atom. The van der Waals surface area contributed by atoms with Crippen LogP contribution in [-0.4, -0.2) is 28.8 Å². The molecule has 0 atom stereocenters. The molecule has 0 bridgehead atoms. The summed E-state index contributed by atoms with van der Waals surface area (Å²) in [5.41, 5.74) is 1.47. The van der Waals surface area contributed by atoms with Crippen molar-refractivity contribution in [2.24, 2.45) is 0 Å². The second-order valence-corrected chi connectivity index (χ2v) is 6.82. The number of benzene rings is 2. The van der Waals surface area contributed by atoms with Crippen LogP contribution in [0.3, 0.4) is 0 Å². The lowest BCUT2D eigenvalue weighted by Crippen LogP contribution is -2.27. The predicted molar refractivity (Wildman–Crippen MR) is 102 cm³/mol. The van der Waals surface area contributed by atoms with Crippen molar-refractivity contribution in [3.63, 3.8) is 0 Å². The van der Waals surface area contributed by atoms with Crippen molar-refractivity contribution >= 4 is 11.6 Å². The number of nitro groups is 1. The minimum Gasteiger partial charge on any atom is -0.348 e. The molecule has 2 aromatic carbocycles. The molecule has 144 valence electrons. The van der Waals surface area contributed by atoms with E-state index in [1.54, 1.807) is 0 Å². The minimum absolute atomic E-state index is 0.0680. The van der Waals surface area contributed by atoms with E-state index in [1.165, 1.54) is 6.92 Å². The van der Waals surface area contributed by atoms with Crippen molar-refractivity contribution in [2.75, 3.05) is 7.05 Å². The highest BCUT2D eigenvalue weighted by atomic mass is 19.1. The molecule has 1 N–H and O–H groups in total. The number of nitrogens with zero attached hydrogens (tertiary/aromatic N) is 2. The molecule has 0 spiro atoms. The quantitative estimate of drug-likeness (QED) is 0.591. The first-order chi connectivity index (χ1) is 12.7. The molecule has 0 heterocycles. The molecule has 27 heavy (non-hydrogen) atoms. The van der Waals surface area contributed by atoms with Gasteiger partial charge in [0.05, 0.1) is 10.5 Å². The summed E-state index contributed by atoms with van der Waals surface area (Å²) in [6, 6.07) is 10.2. The summed E-state index contributed by atoms with van der Waals surface area (Å²) in [6.07, 6.45) is 0. The van der Waals surface area contributed by atoms with Crippen molar-refractivity contribution in [3.05, 3.63) is 74.6 Å². The van der Waals surface area contributed by atoms with Crippen LogP contribution in [0.5, 0.6) is 0 Å². The zero-order valence-corrected chi connectivity index (χ0v) is 16.0. The summed E-state index contributed by atoms with van der Waals surface area (Å²) in [7, 11) is 2.02. The van der Waals surface area contributed by atoms with Gasteiger partial charge in [0.1, 0.15) is 5.82 Å². The topological polar surface area (TPSA) is 75.5 Å². The van der Waals surface area contributed by atoms with Crippen LogP contribution in [0.4, 0.5) is 10.1 Å². The monoisotopic (exact) mass is 373 g/mol. The lowest BCUT2D eigenvalue weighted by atomic mass is 10.1. The van der Waals surface area contributed by atoms with Gasteiger partial charge in [-0.1, -0.05) is 24.3 Å². The van der Waals surface area contributed by atoms with E-state index in [1.807, 2.05) is 31.3 Å². The molecule has 2 aromatic rings. The van der Waals surface area contributed by atoms with E-state index in [0.29, 0.717) is 6.04 Å². The maximum atomic E-state index is 13.9. The van der Waals surface area contributed by atoms with Gasteiger partial charge in [-0.2, -0.15) is 0 Å². The lowest BCUT2D eigenvalue weighted by Gasteiger charge is -2.22. The first-order valence-electron chi connectivity index (χ1n) is 8.70. The van der Waals surface area contributed by atoms with Gasteiger partial charge in [0.15, 0.2) is 0 Å². The maximum absolute atomic E-state index is 13.9. The fraction of sp³-hybridized carbons (Fsp3) is 0.350. The van der Waals surface area contributed by atoms with Gasteiger partial charge in [-0.25, -0.2) is 4.39 Å². The second kappa shape index (κ2) is 8.73. The molecule has 6 nitrogen and oxygen atoms in total. The second-order valence-electron chi connectivity index (χ2n) is 6.82. The summed E-state index contributed by atoms with van der Waals surface area (Å²) in [6.45, 7) is 6.50. The average Bonchev–Trinajstić information content (AvgIpc) is 2.62. The standard InChI is InChI=1S/C20H24FN3O3/c1-13(2)23(4)12-16-8-6-5-7-15(16)11-22-20(25)17-9-18(21)14(3)19(10-17)24(26)27/h5-10,13H,11-12H2,1-4H3,(H,22,25). The van der Waals surface area contributed by atoms with E-state index < -0.39 is 22.3 Å². The minimum atomic E-state index is -0.770. The van der Waals surface area contributed by atoms with Crippen LogP contribution < -0.4 is 5.32 Å². The molecule has 0 aliphatic heterocycles. The van der Waals surface area contributed by atoms with E-state index in [9.17, 15) is 19.3 Å². The Hall–Kier alpha value is -2.80. The van der Waals surface area contributed by atoms with Crippen LogP contribution in [0.1, 0.15) is 40.9 Å². The normalized spacial score (nSPS) is 11.1. The lowest BCUT2D eigenvalue weighted by molar-refractivity contribution is -0.385. The van der Waals surface area contributed by atoms with Crippen molar-refractivity contribution in [2.45, 2.75) is 39.9 Å². The Labute approximate surface area is 158 Å². The van der Waals surface area contributed by atoms with Crippen molar-refractivity contribution in [1.29, 1.82) is 0 Å². The van der Waals surface area contributed by atoms with Gasteiger partial charge in [0, 0.05) is 30.8 Å². The van der Waals surface area contributed by atoms with Gasteiger partial charge >= 0.3 is 0 Å². The first-order valence-corrected chi connectivity index (χ1v) is 8.70. The Balaban J connectivity index is 2.16. The number of amides is 1. The van der Waals surface area contributed by atoms with E-state index >= 15 is 0 Å². The van der Waals surface area contributed by atoms with E-state index in [0.717, 1.165) is 29.8 Å². The first kappa shape index (κ1) is 20.5. The Morgan fingerprint density at radius 2 is 1.89 bits per heavy atom. The fourth-order valence-electron chi connectivity index (χ4n) is 2.60. The zero-order valence-electron chi connectivity index (χ0n) is 16.0. The molecule has 0 aliphatic carbocycles. The van der Waals surface area contributed by atoms with E-state index in [4.69, 9.17) is 0 Å². The summed E-state index contributed by atoms with van der Waals surface area (Å²) in [4.78, 5) is 24.9. The van der Waals surface area contributed by atoms with Crippen LogP contribution in [0, 0.1) is 22.9 Å². The summed E-state index contributed by atoms with van der Waals surface area (Å²) >= 11 is 0. The SMILES string of the molecule is Cc1c(F)cc(C(=O)NCc2ccccc2CN(C)C(C)C)cc1[N+](=O)[O-].